The van der Waals surface area contributed by atoms with Crippen molar-refractivity contribution in [2.45, 2.75) is 0 Å². The summed E-state index contributed by atoms with van der Waals surface area (Å²) in [6.07, 6.45) is 1.89. The van der Waals surface area contributed by atoms with Crippen molar-refractivity contribution in [1.29, 1.82) is 0 Å². The van der Waals surface area contributed by atoms with Crippen molar-refractivity contribution < 1.29 is 0 Å². The molecule has 0 saturated heterocycles. The van der Waals surface area contributed by atoms with Crippen molar-refractivity contribution >= 4 is 91.0 Å². The van der Waals surface area contributed by atoms with Crippen LogP contribution in [-0.2, 0) is 0 Å². The van der Waals surface area contributed by atoms with Gasteiger partial charge in [-0.15, -0.1) is 22.7 Å². The summed E-state index contributed by atoms with van der Waals surface area (Å²) in [5, 5.41) is 6.33. The van der Waals surface area contributed by atoms with Gasteiger partial charge in [0, 0.05) is 64.3 Å². The number of hydrogen-bond donors (Lipinski definition) is 0. The number of hydrogen-bond acceptors (Lipinski definition) is 4. The predicted molar refractivity (Wildman–Crippen MR) is 213 cm³/mol. The fraction of sp³-hybridized carbons (Fsp3) is 0. The lowest BCUT2D eigenvalue weighted by Gasteiger charge is -2.26. The minimum absolute atomic E-state index is 1.08. The monoisotopic (exact) mass is 660 g/mol. The molecule has 4 heteroatoms. The molecule has 3 aromatic heterocycles. The summed E-state index contributed by atoms with van der Waals surface area (Å²) in [6.45, 7) is 0. The van der Waals surface area contributed by atoms with Crippen LogP contribution in [0.5, 0.6) is 0 Å². The van der Waals surface area contributed by atoms with Crippen molar-refractivity contribution in [2.24, 2.45) is 0 Å². The Labute approximate surface area is 291 Å². The zero-order chi connectivity index (χ0) is 32.3. The van der Waals surface area contributed by atoms with Crippen molar-refractivity contribution in [2.75, 3.05) is 4.90 Å². The molecule has 0 bridgehead atoms. The summed E-state index contributed by atoms with van der Waals surface area (Å²) in [5.41, 5.74) is 9.27. The summed E-state index contributed by atoms with van der Waals surface area (Å²) >= 11 is 3.68. The Morgan fingerprint density at radius 3 is 1.98 bits per heavy atom. The van der Waals surface area contributed by atoms with E-state index in [1.165, 1.54) is 68.0 Å². The average molecular weight is 661 g/mol. The Morgan fingerprint density at radius 2 is 1.06 bits per heavy atom. The molecule has 0 aliphatic heterocycles. The van der Waals surface area contributed by atoms with Gasteiger partial charge in [-0.3, -0.25) is 4.98 Å². The molecule has 0 aliphatic carbocycles. The van der Waals surface area contributed by atoms with Gasteiger partial charge in [0.2, 0.25) is 0 Å². The van der Waals surface area contributed by atoms with Crippen LogP contribution >= 0.6 is 22.7 Å². The molecule has 2 nitrogen and oxygen atoms in total. The van der Waals surface area contributed by atoms with Crippen LogP contribution in [0.4, 0.5) is 17.1 Å². The second-order valence-electron chi connectivity index (χ2n) is 12.4. The molecule has 0 fully saturated rings. The highest BCUT2D eigenvalue weighted by molar-refractivity contribution is 7.26. The molecule has 0 saturated carbocycles. The highest BCUT2D eigenvalue weighted by atomic mass is 32.1. The first-order valence-electron chi connectivity index (χ1n) is 16.4. The molecule has 0 N–H and O–H groups in total. The molecule has 0 atom stereocenters. The Balaban J connectivity index is 1.09. The molecule has 230 valence electrons. The normalized spacial score (nSPS) is 11.7. The van der Waals surface area contributed by atoms with Crippen LogP contribution < -0.4 is 4.90 Å². The van der Waals surface area contributed by atoms with Crippen LogP contribution in [0.1, 0.15) is 0 Å². The standard InChI is InChI=1S/C45H28N2S2/c1-2-8-29(9-3-1)32-10-6-12-35(26-32)47(36-21-24-42-40(28-36)37-13-4-5-14-41(37)48-42)34-19-15-30(16-20-34)33-18-23-43-39(27-33)38-22-17-31-11-7-25-46-44(31)45(38)49-43/h1-28H. The summed E-state index contributed by atoms with van der Waals surface area (Å²) in [6, 6.07) is 59.6. The third-order valence-corrected chi connectivity index (χ3v) is 11.8. The van der Waals surface area contributed by atoms with Crippen molar-refractivity contribution in [3.05, 3.63) is 170 Å². The lowest BCUT2D eigenvalue weighted by molar-refractivity contribution is 1.29. The summed E-state index contributed by atoms with van der Waals surface area (Å²) in [5.74, 6) is 0. The van der Waals surface area contributed by atoms with E-state index in [4.69, 9.17) is 4.98 Å². The molecule has 3 heterocycles. The highest BCUT2D eigenvalue weighted by Gasteiger charge is 2.17. The first-order valence-corrected chi connectivity index (χ1v) is 18.1. The Hall–Kier alpha value is -5.81. The molecule has 10 rings (SSSR count). The zero-order valence-corrected chi connectivity index (χ0v) is 28.0. The lowest BCUT2D eigenvalue weighted by Crippen LogP contribution is -2.10. The molecule has 0 radical (unpaired) electrons. The SMILES string of the molecule is c1ccc(-c2cccc(N(c3ccc(-c4ccc5sc6c(ccc7cccnc76)c5c4)cc3)c3ccc4sc5ccccc5c4c3)c2)cc1. The maximum absolute atomic E-state index is 4.72. The Bertz CT molecular complexity index is 2830. The van der Waals surface area contributed by atoms with Crippen LogP contribution in [-0.4, -0.2) is 4.98 Å². The van der Waals surface area contributed by atoms with Gasteiger partial charge in [0.15, 0.2) is 0 Å². The number of benzene rings is 7. The fourth-order valence-electron chi connectivity index (χ4n) is 7.11. The van der Waals surface area contributed by atoms with E-state index >= 15 is 0 Å². The number of thiophene rings is 2. The molecule has 0 amide bonds. The van der Waals surface area contributed by atoms with Gasteiger partial charge in [-0.2, -0.15) is 0 Å². The van der Waals surface area contributed by atoms with Gasteiger partial charge in [0.25, 0.3) is 0 Å². The van der Waals surface area contributed by atoms with Crippen LogP contribution in [0.25, 0.3) is 73.5 Å². The number of fused-ring (bicyclic) bond motifs is 8. The fourth-order valence-corrected chi connectivity index (χ4v) is 9.39. The van der Waals surface area contributed by atoms with Gasteiger partial charge in [-0.05, 0) is 89.0 Å². The first-order chi connectivity index (χ1) is 24.3. The minimum atomic E-state index is 1.08. The molecule has 10 aromatic rings. The molecule has 49 heavy (non-hydrogen) atoms. The predicted octanol–water partition coefficient (Wildman–Crippen LogP) is 13.8. The minimum Gasteiger partial charge on any atom is -0.310 e. The Kier molecular flexibility index (Phi) is 6.57. The van der Waals surface area contributed by atoms with Gasteiger partial charge >= 0.3 is 0 Å². The molecule has 0 spiro atoms. The van der Waals surface area contributed by atoms with Crippen LogP contribution in [0, 0.1) is 0 Å². The van der Waals surface area contributed by atoms with E-state index < -0.39 is 0 Å². The number of rotatable bonds is 5. The smallest absolute Gasteiger partial charge is 0.0880 e. The van der Waals surface area contributed by atoms with Crippen LogP contribution in [0.3, 0.4) is 0 Å². The molecular weight excluding hydrogens is 633 g/mol. The van der Waals surface area contributed by atoms with E-state index in [1.807, 2.05) is 34.9 Å². The van der Waals surface area contributed by atoms with E-state index in [0.29, 0.717) is 0 Å². The quantitative estimate of drug-likeness (QED) is 0.183. The van der Waals surface area contributed by atoms with Crippen LogP contribution in [0.2, 0.25) is 0 Å². The second kappa shape index (κ2) is 11.4. The van der Waals surface area contributed by atoms with E-state index in [-0.39, 0.29) is 0 Å². The molecular formula is C45H28N2S2. The number of pyridine rings is 1. The van der Waals surface area contributed by atoms with E-state index in [0.717, 1.165) is 22.6 Å². The third kappa shape index (κ3) is 4.80. The molecule has 0 unspecified atom stereocenters. The number of aromatic nitrogens is 1. The van der Waals surface area contributed by atoms with Crippen molar-refractivity contribution in [3.63, 3.8) is 0 Å². The number of anilines is 3. The molecule has 0 aliphatic rings. The summed E-state index contributed by atoms with van der Waals surface area (Å²) < 4.78 is 5.16. The van der Waals surface area contributed by atoms with Crippen LogP contribution in [0.15, 0.2) is 170 Å². The summed E-state index contributed by atoms with van der Waals surface area (Å²) in [7, 11) is 0. The lowest BCUT2D eigenvalue weighted by atomic mass is 10.0. The largest absolute Gasteiger partial charge is 0.310 e. The van der Waals surface area contributed by atoms with Gasteiger partial charge in [0.05, 0.1) is 10.2 Å². The molecule has 7 aromatic carbocycles. The first kappa shape index (κ1) is 28.2. The maximum Gasteiger partial charge on any atom is 0.0880 e. The maximum atomic E-state index is 4.72. The van der Waals surface area contributed by atoms with Gasteiger partial charge < -0.3 is 4.90 Å². The summed E-state index contributed by atoms with van der Waals surface area (Å²) in [4.78, 5) is 7.10. The average Bonchev–Trinajstić information content (AvgIpc) is 3.74. The zero-order valence-electron chi connectivity index (χ0n) is 26.4. The second-order valence-corrected chi connectivity index (χ2v) is 14.5. The third-order valence-electron chi connectivity index (χ3n) is 9.50. The Morgan fingerprint density at radius 1 is 0.388 bits per heavy atom. The topological polar surface area (TPSA) is 16.1 Å². The van der Waals surface area contributed by atoms with Gasteiger partial charge in [0.1, 0.15) is 0 Å². The van der Waals surface area contributed by atoms with Gasteiger partial charge in [-0.25, -0.2) is 0 Å². The van der Waals surface area contributed by atoms with Gasteiger partial charge in [-0.1, -0.05) is 97.1 Å². The van der Waals surface area contributed by atoms with E-state index in [2.05, 4.69) is 163 Å². The highest BCUT2D eigenvalue weighted by Crippen LogP contribution is 2.43. The van der Waals surface area contributed by atoms with Crippen molar-refractivity contribution in [1.82, 2.24) is 4.98 Å². The number of nitrogens with zero attached hydrogens (tertiary/aromatic N) is 2. The van der Waals surface area contributed by atoms with E-state index in [1.54, 1.807) is 0 Å². The van der Waals surface area contributed by atoms with Crippen molar-refractivity contribution in [3.8, 4) is 22.3 Å². The van der Waals surface area contributed by atoms with E-state index in [9.17, 15) is 0 Å².